The molecule has 1 aromatic carbocycles. The number of nitrogens with zero attached hydrogens (tertiary/aromatic N) is 4. The molecule has 7 nitrogen and oxygen atoms in total. The lowest BCUT2D eigenvalue weighted by atomic mass is 10.2. The average Bonchev–Trinajstić information content (AvgIpc) is 3.00. The number of pyridine rings is 1. The van der Waals surface area contributed by atoms with Gasteiger partial charge in [-0.25, -0.2) is 9.97 Å². The summed E-state index contributed by atoms with van der Waals surface area (Å²) in [6, 6.07) is 11.3. The molecule has 0 aliphatic rings. The normalized spacial score (nSPS) is 11.2. The number of benzene rings is 1. The van der Waals surface area contributed by atoms with Crippen LogP contribution in [0.15, 0.2) is 53.6 Å². The van der Waals surface area contributed by atoms with Crippen molar-refractivity contribution in [1.82, 2.24) is 18.9 Å². The molecule has 0 bridgehead atoms. The van der Waals surface area contributed by atoms with E-state index in [1.54, 1.807) is 12.3 Å². The van der Waals surface area contributed by atoms with Crippen LogP contribution >= 0.6 is 0 Å². The lowest BCUT2D eigenvalue weighted by Gasteiger charge is -2.09. The van der Waals surface area contributed by atoms with Crippen LogP contribution in [-0.4, -0.2) is 24.8 Å². The number of nitrogens with one attached hydrogen (secondary N) is 1. The molecular weight excluding hydrogens is 342 g/mol. The number of anilines is 1. The molecule has 0 saturated heterocycles. The van der Waals surface area contributed by atoms with Crippen LogP contribution in [0.25, 0.3) is 16.7 Å². The Morgan fingerprint density at radius 2 is 2.00 bits per heavy atom. The number of hydrogen-bond acceptors (Lipinski definition) is 4. The van der Waals surface area contributed by atoms with Gasteiger partial charge in [0.1, 0.15) is 11.2 Å². The van der Waals surface area contributed by atoms with Gasteiger partial charge >= 0.3 is 0 Å². The minimum absolute atomic E-state index is 0.0202. The minimum Gasteiger partial charge on any atom is -0.310 e. The maximum Gasteiger partial charge on any atom is 0.270 e. The highest BCUT2D eigenvalue weighted by Crippen LogP contribution is 2.20. The zero-order valence-corrected chi connectivity index (χ0v) is 15.1. The summed E-state index contributed by atoms with van der Waals surface area (Å²) in [5.74, 6) is -0.0899. The van der Waals surface area contributed by atoms with Crippen LogP contribution in [0.1, 0.15) is 29.3 Å². The average molecular weight is 361 g/mol. The van der Waals surface area contributed by atoms with E-state index in [4.69, 9.17) is 0 Å². The SMILES string of the molecule is CCCn1c(NC(=O)c2cnc3ccc(C)cn3c2=O)nc2ccccc21. The predicted molar refractivity (Wildman–Crippen MR) is 104 cm³/mol. The highest BCUT2D eigenvalue weighted by molar-refractivity contribution is 6.03. The van der Waals surface area contributed by atoms with E-state index in [2.05, 4.69) is 22.2 Å². The van der Waals surface area contributed by atoms with Gasteiger partial charge in [0.15, 0.2) is 0 Å². The molecule has 0 aliphatic carbocycles. The number of para-hydroxylation sites is 2. The third-order valence-corrected chi connectivity index (χ3v) is 4.42. The number of amides is 1. The first-order valence-electron chi connectivity index (χ1n) is 8.83. The Morgan fingerprint density at radius 1 is 1.19 bits per heavy atom. The van der Waals surface area contributed by atoms with Crippen LogP contribution in [0, 0.1) is 6.92 Å². The number of rotatable bonds is 4. The Balaban J connectivity index is 1.76. The lowest BCUT2D eigenvalue weighted by Crippen LogP contribution is -2.27. The van der Waals surface area contributed by atoms with Crippen molar-refractivity contribution < 1.29 is 4.79 Å². The molecule has 4 rings (SSSR count). The van der Waals surface area contributed by atoms with E-state index in [9.17, 15) is 9.59 Å². The first-order chi connectivity index (χ1) is 13.1. The highest BCUT2D eigenvalue weighted by atomic mass is 16.2. The molecule has 0 atom stereocenters. The van der Waals surface area contributed by atoms with Gasteiger partial charge in [-0.05, 0) is 37.1 Å². The van der Waals surface area contributed by atoms with Gasteiger partial charge in [-0.2, -0.15) is 0 Å². The molecular formula is C20H19N5O2. The summed E-state index contributed by atoms with van der Waals surface area (Å²) in [6.07, 6.45) is 3.88. The van der Waals surface area contributed by atoms with E-state index >= 15 is 0 Å². The van der Waals surface area contributed by atoms with E-state index in [-0.39, 0.29) is 5.56 Å². The molecule has 27 heavy (non-hydrogen) atoms. The van der Waals surface area contributed by atoms with Crippen molar-refractivity contribution in [3.05, 3.63) is 70.3 Å². The zero-order valence-electron chi connectivity index (χ0n) is 15.1. The summed E-state index contributed by atoms with van der Waals surface area (Å²) in [6.45, 7) is 4.65. The van der Waals surface area contributed by atoms with Crippen molar-refractivity contribution in [2.75, 3.05) is 5.32 Å². The lowest BCUT2D eigenvalue weighted by molar-refractivity contribution is 0.102. The van der Waals surface area contributed by atoms with Gasteiger partial charge in [0.2, 0.25) is 5.95 Å². The van der Waals surface area contributed by atoms with Crippen molar-refractivity contribution >= 4 is 28.5 Å². The number of aryl methyl sites for hydroxylation is 2. The number of carbonyl (C=O) groups is 1. The zero-order chi connectivity index (χ0) is 19.0. The van der Waals surface area contributed by atoms with Gasteiger partial charge in [-0.15, -0.1) is 0 Å². The second kappa shape index (κ2) is 6.68. The van der Waals surface area contributed by atoms with Crippen molar-refractivity contribution in [2.24, 2.45) is 0 Å². The Morgan fingerprint density at radius 3 is 2.81 bits per heavy atom. The van der Waals surface area contributed by atoms with E-state index in [0.717, 1.165) is 23.0 Å². The van der Waals surface area contributed by atoms with Gasteiger partial charge in [-0.1, -0.05) is 25.1 Å². The first kappa shape index (κ1) is 17.0. The van der Waals surface area contributed by atoms with E-state index in [1.165, 1.54) is 10.6 Å². The second-order valence-corrected chi connectivity index (χ2v) is 6.44. The molecule has 3 heterocycles. The van der Waals surface area contributed by atoms with Crippen molar-refractivity contribution in [2.45, 2.75) is 26.8 Å². The Bertz CT molecular complexity index is 1220. The predicted octanol–water partition coefficient (Wildman–Crippen LogP) is 3.01. The smallest absolute Gasteiger partial charge is 0.270 e. The molecule has 0 fully saturated rings. The summed E-state index contributed by atoms with van der Waals surface area (Å²) in [5.41, 5.74) is 2.73. The summed E-state index contributed by atoms with van der Waals surface area (Å²) in [5, 5.41) is 2.78. The Kier molecular flexibility index (Phi) is 4.19. The van der Waals surface area contributed by atoms with Gasteiger partial charge in [0, 0.05) is 18.9 Å². The molecule has 0 aliphatic heterocycles. The molecule has 3 aromatic heterocycles. The molecule has 1 amide bonds. The van der Waals surface area contributed by atoms with Crippen molar-refractivity contribution in [3.8, 4) is 0 Å². The Hall–Kier alpha value is -3.48. The fraction of sp³-hybridized carbons (Fsp3) is 0.200. The molecule has 0 radical (unpaired) electrons. The second-order valence-electron chi connectivity index (χ2n) is 6.44. The molecule has 0 spiro atoms. The molecule has 4 aromatic rings. The number of hydrogen-bond donors (Lipinski definition) is 1. The largest absolute Gasteiger partial charge is 0.310 e. The monoisotopic (exact) mass is 361 g/mol. The fourth-order valence-corrected chi connectivity index (χ4v) is 3.13. The third kappa shape index (κ3) is 2.97. The van der Waals surface area contributed by atoms with E-state index in [1.807, 2.05) is 41.8 Å². The number of fused-ring (bicyclic) bond motifs is 2. The van der Waals surface area contributed by atoms with Gasteiger partial charge in [0.25, 0.3) is 11.5 Å². The quantitative estimate of drug-likeness (QED) is 0.606. The number of carbonyl (C=O) groups excluding carboxylic acids is 1. The summed E-state index contributed by atoms with van der Waals surface area (Å²) < 4.78 is 3.34. The first-order valence-corrected chi connectivity index (χ1v) is 8.83. The topological polar surface area (TPSA) is 81.3 Å². The maximum atomic E-state index is 12.8. The van der Waals surface area contributed by atoms with Crippen LogP contribution in [0.2, 0.25) is 0 Å². The summed E-state index contributed by atoms with van der Waals surface area (Å²) in [7, 11) is 0. The Labute approximate surface area is 155 Å². The van der Waals surface area contributed by atoms with E-state index < -0.39 is 11.5 Å². The number of imidazole rings is 1. The van der Waals surface area contributed by atoms with Crippen LogP contribution < -0.4 is 10.9 Å². The van der Waals surface area contributed by atoms with Crippen molar-refractivity contribution in [1.29, 1.82) is 0 Å². The van der Waals surface area contributed by atoms with Gasteiger partial charge in [-0.3, -0.25) is 19.3 Å². The highest BCUT2D eigenvalue weighted by Gasteiger charge is 2.17. The summed E-state index contributed by atoms with van der Waals surface area (Å²) in [4.78, 5) is 34.2. The van der Waals surface area contributed by atoms with Gasteiger partial charge in [0.05, 0.1) is 11.0 Å². The summed E-state index contributed by atoms with van der Waals surface area (Å²) >= 11 is 0. The van der Waals surface area contributed by atoms with Crippen LogP contribution in [-0.2, 0) is 6.54 Å². The van der Waals surface area contributed by atoms with Crippen LogP contribution in [0.5, 0.6) is 0 Å². The molecule has 0 unspecified atom stereocenters. The standard InChI is InChI=1S/C20H19N5O2/c1-3-10-24-16-7-5-4-6-15(16)22-20(24)23-18(26)14-11-21-17-9-8-13(2)12-25(17)19(14)27/h4-9,11-12H,3,10H2,1-2H3,(H,22,23,26). The van der Waals surface area contributed by atoms with Crippen molar-refractivity contribution in [3.63, 3.8) is 0 Å². The third-order valence-electron chi connectivity index (χ3n) is 4.42. The fourth-order valence-electron chi connectivity index (χ4n) is 3.13. The van der Waals surface area contributed by atoms with Crippen LogP contribution in [0.4, 0.5) is 5.95 Å². The molecule has 136 valence electrons. The van der Waals surface area contributed by atoms with Gasteiger partial charge < -0.3 is 4.57 Å². The molecule has 7 heteroatoms. The molecule has 0 saturated carbocycles. The maximum absolute atomic E-state index is 12.8. The number of aromatic nitrogens is 4. The van der Waals surface area contributed by atoms with Crippen LogP contribution in [0.3, 0.4) is 0 Å². The minimum atomic E-state index is -0.518. The van der Waals surface area contributed by atoms with E-state index in [0.29, 0.717) is 18.1 Å². The molecule has 1 N–H and O–H groups in total.